The minimum Gasteiger partial charge on any atom is -0.441 e. The molecule has 0 aliphatic heterocycles. The third kappa shape index (κ3) is 3.21. The maximum absolute atomic E-state index is 12.5. The first-order valence-corrected chi connectivity index (χ1v) is 9.28. The van der Waals surface area contributed by atoms with E-state index in [9.17, 15) is 4.79 Å². The number of amides is 1. The van der Waals surface area contributed by atoms with Gasteiger partial charge in [0.05, 0.1) is 9.58 Å². The van der Waals surface area contributed by atoms with Gasteiger partial charge in [-0.2, -0.15) is 0 Å². The molecule has 1 aromatic carbocycles. The Labute approximate surface area is 150 Å². The molecule has 3 heterocycles. The fourth-order valence-corrected chi connectivity index (χ4v) is 4.45. The first kappa shape index (κ1) is 16.0. The SMILES string of the molecule is Cc1nc2cc(NC(=O)c3cc4sc(NCCN)nc4s3)ccc2o1. The van der Waals surface area contributed by atoms with Crippen LogP contribution < -0.4 is 16.4 Å². The number of hydrogen-bond donors (Lipinski definition) is 3. The molecule has 0 fully saturated rings. The van der Waals surface area contributed by atoms with Crippen molar-refractivity contribution < 1.29 is 9.21 Å². The van der Waals surface area contributed by atoms with Crippen LogP contribution in [0.3, 0.4) is 0 Å². The van der Waals surface area contributed by atoms with E-state index in [1.807, 2.05) is 6.07 Å². The van der Waals surface area contributed by atoms with Crippen LogP contribution in [0.25, 0.3) is 20.6 Å². The van der Waals surface area contributed by atoms with Crippen molar-refractivity contribution >= 4 is 60.0 Å². The molecule has 0 atom stereocenters. The molecule has 25 heavy (non-hydrogen) atoms. The van der Waals surface area contributed by atoms with E-state index in [1.54, 1.807) is 25.1 Å². The van der Waals surface area contributed by atoms with Crippen LogP contribution in [0.5, 0.6) is 0 Å². The molecule has 0 bridgehead atoms. The summed E-state index contributed by atoms with van der Waals surface area (Å²) in [6.45, 7) is 3.02. The summed E-state index contributed by atoms with van der Waals surface area (Å²) in [5, 5.41) is 6.87. The second-order valence-corrected chi connectivity index (χ2v) is 7.45. The summed E-state index contributed by atoms with van der Waals surface area (Å²) >= 11 is 2.89. The number of aryl methyl sites for hydroxylation is 1. The highest BCUT2D eigenvalue weighted by Gasteiger charge is 2.14. The number of hydrogen-bond acceptors (Lipinski definition) is 8. The summed E-state index contributed by atoms with van der Waals surface area (Å²) in [7, 11) is 0. The number of nitrogens with one attached hydrogen (secondary N) is 2. The van der Waals surface area contributed by atoms with Crippen molar-refractivity contribution in [3.05, 3.63) is 35.0 Å². The number of thiazole rings is 1. The number of thiophene rings is 1. The Bertz CT molecular complexity index is 1030. The van der Waals surface area contributed by atoms with Gasteiger partial charge in [-0.15, -0.1) is 11.3 Å². The molecule has 0 spiro atoms. The largest absolute Gasteiger partial charge is 0.441 e. The average molecular weight is 373 g/mol. The van der Waals surface area contributed by atoms with Crippen LogP contribution in [-0.2, 0) is 0 Å². The fraction of sp³-hybridized carbons (Fsp3) is 0.188. The van der Waals surface area contributed by atoms with Gasteiger partial charge in [0.1, 0.15) is 10.3 Å². The molecule has 3 aromatic heterocycles. The standard InChI is InChI=1S/C16H15N5O2S2/c1-8-19-10-6-9(2-3-11(10)23-8)20-14(22)12-7-13-15(24-12)21-16(25-13)18-5-4-17/h2-3,6-7H,4-5,17H2,1H3,(H,18,21)(H,20,22). The summed E-state index contributed by atoms with van der Waals surface area (Å²) < 4.78 is 6.42. The van der Waals surface area contributed by atoms with Gasteiger partial charge in [0, 0.05) is 25.7 Å². The van der Waals surface area contributed by atoms with E-state index in [2.05, 4.69) is 20.6 Å². The van der Waals surface area contributed by atoms with Gasteiger partial charge in [0.15, 0.2) is 16.6 Å². The van der Waals surface area contributed by atoms with E-state index < -0.39 is 0 Å². The molecule has 7 nitrogen and oxygen atoms in total. The highest BCUT2D eigenvalue weighted by Crippen LogP contribution is 2.33. The van der Waals surface area contributed by atoms with Gasteiger partial charge in [-0.3, -0.25) is 4.79 Å². The van der Waals surface area contributed by atoms with Crippen molar-refractivity contribution in [2.75, 3.05) is 23.7 Å². The summed E-state index contributed by atoms with van der Waals surface area (Å²) in [4.78, 5) is 22.7. The number of nitrogens with two attached hydrogens (primary N) is 1. The summed E-state index contributed by atoms with van der Waals surface area (Å²) in [6.07, 6.45) is 0. The van der Waals surface area contributed by atoms with Gasteiger partial charge < -0.3 is 20.8 Å². The Kier molecular flexibility index (Phi) is 4.12. The van der Waals surface area contributed by atoms with E-state index in [1.165, 1.54) is 22.7 Å². The number of benzene rings is 1. The van der Waals surface area contributed by atoms with E-state index >= 15 is 0 Å². The van der Waals surface area contributed by atoms with Crippen molar-refractivity contribution in [2.45, 2.75) is 6.92 Å². The highest BCUT2D eigenvalue weighted by molar-refractivity contribution is 7.29. The van der Waals surface area contributed by atoms with Crippen molar-refractivity contribution in [1.82, 2.24) is 9.97 Å². The van der Waals surface area contributed by atoms with Gasteiger partial charge in [-0.05, 0) is 24.3 Å². The van der Waals surface area contributed by atoms with Crippen LogP contribution in [0.4, 0.5) is 10.8 Å². The van der Waals surface area contributed by atoms with Gasteiger partial charge in [0.2, 0.25) is 0 Å². The minimum atomic E-state index is -0.161. The molecule has 4 aromatic rings. The number of aromatic nitrogens is 2. The van der Waals surface area contributed by atoms with E-state index in [0.717, 1.165) is 20.2 Å². The zero-order valence-corrected chi connectivity index (χ0v) is 15.0. The normalized spacial score (nSPS) is 11.3. The average Bonchev–Trinajstić information content (AvgIpc) is 3.23. The maximum Gasteiger partial charge on any atom is 0.265 e. The number of nitrogens with zero attached hydrogens (tertiary/aromatic N) is 2. The molecule has 9 heteroatoms. The minimum absolute atomic E-state index is 0.161. The number of fused-ring (bicyclic) bond motifs is 2. The Morgan fingerprint density at radius 1 is 1.28 bits per heavy atom. The number of oxazole rings is 1. The van der Waals surface area contributed by atoms with Gasteiger partial charge >= 0.3 is 0 Å². The molecule has 0 saturated heterocycles. The molecule has 0 aliphatic rings. The third-order valence-corrected chi connectivity index (χ3v) is 5.60. The van der Waals surface area contributed by atoms with Crippen molar-refractivity contribution in [2.24, 2.45) is 5.73 Å². The molecule has 0 radical (unpaired) electrons. The molecule has 4 rings (SSSR count). The maximum atomic E-state index is 12.5. The van der Waals surface area contributed by atoms with Gasteiger partial charge in [-0.25, -0.2) is 9.97 Å². The molecular weight excluding hydrogens is 358 g/mol. The lowest BCUT2D eigenvalue weighted by Crippen LogP contribution is -2.12. The Morgan fingerprint density at radius 3 is 2.96 bits per heavy atom. The first-order chi connectivity index (χ1) is 12.1. The van der Waals surface area contributed by atoms with Crippen molar-refractivity contribution in [3.8, 4) is 0 Å². The number of carbonyl (C=O) groups is 1. The van der Waals surface area contributed by atoms with Crippen LogP contribution in [0, 0.1) is 6.92 Å². The van der Waals surface area contributed by atoms with E-state index in [4.69, 9.17) is 10.2 Å². The monoisotopic (exact) mass is 373 g/mol. The Morgan fingerprint density at radius 2 is 2.16 bits per heavy atom. The smallest absolute Gasteiger partial charge is 0.265 e. The van der Waals surface area contributed by atoms with Crippen LogP contribution in [-0.4, -0.2) is 29.0 Å². The molecular formula is C16H15N5O2S2. The van der Waals surface area contributed by atoms with Crippen LogP contribution in [0.2, 0.25) is 0 Å². The molecule has 4 N–H and O–H groups in total. The molecule has 0 unspecified atom stereocenters. The van der Waals surface area contributed by atoms with Crippen molar-refractivity contribution in [1.29, 1.82) is 0 Å². The quantitative estimate of drug-likeness (QED) is 0.495. The summed E-state index contributed by atoms with van der Waals surface area (Å²) in [5.41, 5.74) is 7.58. The van der Waals surface area contributed by atoms with Crippen LogP contribution in [0.15, 0.2) is 28.7 Å². The third-order valence-electron chi connectivity index (χ3n) is 3.49. The Hall–Kier alpha value is -2.49. The van der Waals surface area contributed by atoms with Gasteiger partial charge in [-0.1, -0.05) is 11.3 Å². The van der Waals surface area contributed by atoms with Crippen LogP contribution in [0.1, 0.15) is 15.6 Å². The summed E-state index contributed by atoms with van der Waals surface area (Å²) in [5.74, 6) is 0.438. The Balaban J connectivity index is 1.53. The van der Waals surface area contributed by atoms with E-state index in [-0.39, 0.29) is 5.91 Å². The fourth-order valence-electron chi connectivity index (χ4n) is 2.41. The predicted octanol–water partition coefficient (Wildman–Crippen LogP) is 3.43. The number of rotatable bonds is 5. The van der Waals surface area contributed by atoms with Crippen molar-refractivity contribution in [3.63, 3.8) is 0 Å². The lowest BCUT2D eigenvalue weighted by molar-refractivity contribution is 0.103. The van der Waals surface area contributed by atoms with Crippen LogP contribution >= 0.6 is 22.7 Å². The zero-order chi connectivity index (χ0) is 17.4. The molecule has 0 aliphatic carbocycles. The predicted molar refractivity (Wildman–Crippen MR) is 102 cm³/mol. The second-order valence-electron chi connectivity index (χ2n) is 5.38. The summed E-state index contributed by atoms with van der Waals surface area (Å²) in [6, 6.07) is 7.26. The number of anilines is 2. The number of carbonyl (C=O) groups excluding carboxylic acids is 1. The second kappa shape index (κ2) is 6.43. The molecule has 128 valence electrons. The zero-order valence-electron chi connectivity index (χ0n) is 13.3. The lowest BCUT2D eigenvalue weighted by atomic mass is 10.3. The molecule has 1 amide bonds. The molecule has 0 saturated carbocycles. The van der Waals surface area contributed by atoms with Gasteiger partial charge in [0.25, 0.3) is 5.91 Å². The lowest BCUT2D eigenvalue weighted by Gasteiger charge is -2.02. The topological polar surface area (TPSA) is 106 Å². The van der Waals surface area contributed by atoms with E-state index in [0.29, 0.717) is 35.1 Å². The highest BCUT2D eigenvalue weighted by atomic mass is 32.1. The first-order valence-electron chi connectivity index (χ1n) is 7.65.